The van der Waals surface area contributed by atoms with Gasteiger partial charge >= 0.3 is 6.18 Å². The summed E-state index contributed by atoms with van der Waals surface area (Å²) in [6, 6.07) is 4.15. The van der Waals surface area contributed by atoms with Gasteiger partial charge in [-0.05, 0) is 36.5 Å². The summed E-state index contributed by atoms with van der Waals surface area (Å²) < 4.78 is 43.7. The molecule has 1 fully saturated rings. The van der Waals surface area contributed by atoms with Gasteiger partial charge < -0.3 is 4.74 Å². The molecule has 0 spiro atoms. The zero-order valence-electron chi connectivity index (χ0n) is 10.5. The maximum atomic E-state index is 12.8. The molecule has 3 rings (SSSR count). The summed E-state index contributed by atoms with van der Waals surface area (Å²) in [4.78, 5) is 0. The molecule has 0 amide bonds. The zero-order chi connectivity index (χ0) is 13.5. The number of nitrogens with one attached hydrogen (secondary N) is 1. The largest absolute Gasteiger partial charge is 0.493 e. The van der Waals surface area contributed by atoms with Gasteiger partial charge in [0.05, 0.1) is 6.61 Å². The molecular formula is C14H16F3NO. The van der Waals surface area contributed by atoms with Gasteiger partial charge in [0.2, 0.25) is 0 Å². The first-order valence-corrected chi connectivity index (χ1v) is 6.62. The average molecular weight is 271 g/mol. The lowest BCUT2D eigenvalue weighted by molar-refractivity contribution is -0.163. The van der Waals surface area contributed by atoms with E-state index in [2.05, 4.69) is 5.32 Å². The Kier molecular flexibility index (Phi) is 3.17. The second kappa shape index (κ2) is 4.71. The van der Waals surface area contributed by atoms with Crippen molar-refractivity contribution in [2.75, 3.05) is 6.61 Å². The molecule has 104 valence electrons. The summed E-state index contributed by atoms with van der Waals surface area (Å²) in [5.41, 5.74) is 2.05. The molecule has 0 aliphatic carbocycles. The fraction of sp³-hybridized carbons (Fsp3) is 0.571. The van der Waals surface area contributed by atoms with E-state index in [9.17, 15) is 13.2 Å². The molecule has 2 heterocycles. The maximum Gasteiger partial charge on any atom is 0.403 e. The average Bonchev–Trinajstić information content (AvgIpc) is 2.85. The number of alkyl halides is 3. The highest BCUT2D eigenvalue weighted by molar-refractivity contribution is 5.40. The van der Waals surface area contributed by atoms with Crippen molar-refractivity contribution in [1.82, 2.24) is 5.32 Å². The Bertz CT molecular complexity index is 472. The first kappa shape index (κ1) is 12.8. The van der Waals surface area contributed by atoms with Gasteiger partial charge in [-0.25, -0.2) is 0 Å². The minimum absolute atomic E-state index is 0.175. The standard InChI is InChI=1S/C14H16F3NO/c15-14(16,17)13-3-1-2-11(18-13)9-4-5-12-10(8-9)6-7-19-12/h4-5,8,11,13,18H,1-3,6-7H2. The van der Waals surface area contributed by atoms with Crippen molar-refractivity contribution < 1.29 is 17.9 Å². The van der Waals surface area contributed by atoms with Crippen LogP contribution in [0.5, 0.6) is 5.75 Å². The van der Waals surface area contributed by atoms with Gasteiger partial charge in [-0.1, -0.05) is 12.1 Å². The SMILES string of the molecule is FC(F)(F)C1CCCC(c2ccc3c(c2)CCO3)N1. The molecule has 2 atom stereocenters. The third-order valence-corrected chi connectivity index (χ3v) is 3.90. The van der Waals surface area contributed by atoms with Crippen LogP contribution in [0.2, 0.25) is 0 Å². The van der Waals surface area contributed by atoms with Crippen molar-refractivity contribution in [3.63, 3.8) is 0 Å². The van der Waals surface area contributed by atoms with Crippen LogP contribution in [0.1, 0.15) is 36.4 Å². The minimum atomic E-state index is -4.15. The molecule has 19 heavy (non-hydrogen) atoms. The van der Waals surface area contributed by atoms with E-state index in [-0.39, 0.29) is 12.5 Å². The quantitative estimate of drug-likeness (QED) is 0.845. The summed E-state index contributed by atoms with van der Waals surface area (Å²) in [5.74, 6) is 0.868. The molecular weight excluding hydrogens is 255 g/mol. The van der Waals surface area contributed by atoms with E-state index in [0.717, 1.165) is 29.7 Å². The van der Waals surface area contributed by atoms with Crippen molar-refractivity contribution in [3.8, 4) is 5.75 Å². The van der Waals surface area contributed by atoms with E-state index >= 15 is 0 Å². The van der Waals surface area contributed by atoms with E-state index in [1.807, 2.05) is 18.2 Å². The summed E-state index contributed by atoms with van der Waals surface area (Å²) in [6.45, 7) is 0.669. The van der Waals surface area contributed by atoms with Crippen molar-refractivity contribution in [2.24, 2.45) is 0 Å². The molecule has 1 saturated heterocycles. The van der Waals surface area contributed by atoms with Gasteiger partial charge in [0, 0.05) is 12.5 Å². The summed E-state index contributed by atoms with van der Waals surface area (Å²) >= 11 is 0. The van der Waals surface area contributed by atoms with Crippen LogP contribution in [0.25, 0.3) is 0 Å². The Hall–Kier alpha value is -1.23. The molecule has 5 heteroatoms. The highest BCUT2D eigenvalue weighted by Crippen LogP contribution is 2.35. The Morgan fingerprint density at radius 2 is 2.05 bits per heavy atom. The highest BCUT2D eigenvalue weighted by Gasteiger charge is 2.42. The smallest absolute Gasteiger partial charge is 0.403 e. The third-order valence-electron chi connectivity index (χ3n) is 3.90. The lowest BCUT2D eigenvalue weighted by atomic mass is 9.92. The van der Waals surface area contributed by atoms with Crippen molar-refractivity contribution in [1.29, 1.82) is 0 Å². The predicted molar refractivity (Wildman–Crippen MR) is 65.2 cm³/mol. The maximum absolute atomic E-state index is 12.8. The summed E-state index contributed by atoms with van der Waals surface area (Å²) in [7, 11) is 0. The lowest BCUT2D eigenvalue weighted by Gasteiger charge is -2.32. The molecule has 2 nitrogen and oxygen atoms in total. The zero-order valence-corrected chi connectivity index (χ0v) is 10.5. The van der Waals surface area contributed by atoms with Crippen LogP contribution in [0, 0.1) is 0 Å². The van der Waals surface area contributed by atoms with Crippen LogP contribution in [0.3, 0.4) is 0 Å². The normalized spacial score (nSPS) is 26.9. The number of fused-ring (bicyclic) bond motifs is 1. The highest BCUT2D eigenvalue weighted by atomic mass is 19.4. The van der Waals surface area contributed by atoms with Gasteiger partial charge in [-0.2, -0.15) is 13.2 Å². The van der Waals surface area contributed by atoms with E-state index in [1.54, 1.807) is 0 Å². The molecule has 2 aliphatic heterocycles. The van der Waals surface area contributed by atoms with Crippen LogP contribution < -0.4 is 10.1 Å². The molecule has 0 radical (unpaired) electrons. The van der Waals surface area contributed by atoms with Gasteiger partial charge in [-0.3, -0.25) is 5.32 Å². The molecule has 1 aromatic rings. The summed E-state index contributed by atoms with van der Waals surface area (Å²) in [5, 5.41) is 2.74. The molecule has 0 saturated carbocycles. The van der Waals surface area contributed by atoms with Crippen LogP contribution in [-0.4, -0.2) is 18.8 Å². The third kappa shape index (κ3) is 2.56. The first-order chi connectivity index (χ1) is 9.04. The summed E-state index contributed by atoms with van der Waals surface area (Å²) in [6.07, 6.45) is -1.77. The molecule has 0 aromatic heterocycles. The van der Waals surface area contributed by atoms with Crippen molar-refractivity contribution >= 4 is 0 Å². The molecule has 1 N–H and O–H groups in total. The number of halogens is 3. The Balaban J connectivity index is 1.78. The number of rotatable bonds is 1. The van der Waals surface area contributed by atoms with Crippen LogP contribution >= 0.6 is 0 Å². The number of ether oxygens (including phenoxy) is 1. The second-order valence-corrected chi connectivity index (χ2v) is 5.21. The molecule has 1 aromatic carbocycles. The predicted octanol–water partition coefficient (Wildman–Crippen LogP) is 3.37. The van der Waals surface area contributed by atoms with Crippen molar-refractivity contribution in [2.45, 2.75) is 43.9 Å². The van der Waals surface area contributed by atoms with E-state index in [1.165, 1.54) is 0 Å². The second-order valence-electron chi connectivity index (χ2n) is 5.21. The van der Waals surface area contributed by atoms with Gasteiger partial charge in [0.15, 0.2) is 0 Å². The molecule has 2 aliphatic rings. The van der Waals surface area contributed by atoms with Crippen molar-refractivity contribution in [3.05, 3.63) is 29.3 Å². The molecule has 0 bridgehead atoms. The van der Waals surface area contributed by atoms with Crippen LogP contribution in [0.15, 0.2) is 18.2 Å². The van der Waals surface area contributed by atoms with Crippen LogP contribution in [-0.2, 0) is 6.42 Å². The minimum Gasteiger partial charge on any atom is -0.493 e. The number of hydrogen-bond donors (Lipinski definition) is 1. The van der Waals surface area contributed by atoms with E-state index in [0.29, 0.717) is 13.0 Å². The van der Waals surface area contributed by atoms with Gasteiger partial charge in [0.1, 0.15) is 11.8 Å². The monoisotopic (exact) mass is 271 g/mol. The lowest BCUT2D eigenvalue weighted by Crippen LogP contribution is -2.46. The number of piperidine rings is 1. The first-order valence-electron chi connectivity index (χ1n) is 6.62. The topological polar surface area (TPSA) is 21.3 Å². The Morgan fingerprint density at radius 3 is 2.84 bits per heavy atom. The van der Waals surface area contributed by atoms with Gasteiger partial charge in [0.25, 0.3) is 0 Å². The van der Waals surface area contributed by atoms with Gasteiger partial charge in [-0.15, -0.1) is 0 Å². The molecule has 2 unspecified atom stereocenters. The Labute approximate surface area is 109 Å². The number of hydrogen-bond acceptors (Lipinski definition) is 2. The number of benzene rings is 1. The van der Waals surface area contributed by atoms with E-state index in [4.69, 9.17) is 4.74 Å². The fourth-order valence-corrected chi connectivity index (χ4v) is 2.88. The fourth-order valence-electron chi connectivity index (χ4n) is 2.88. The van der Waals surface area contributed by atoms with E-state index < -0.39 is 12.2 Å². The van der Waals surface area contributed by atoms with Crippen LogP contribution in [0.4, 0.5) is 13.2 Å². The Morgan fingerprint density at radius 1 is 1.21 bits per heavy atom.